The van der Waals surface area contributed by atoms with Gasteiger partial charge in [-0.25, -0.2) is 0 Å². The number of aromatic nitrogens is 1. The Labute approximate surface area is 123 Å². The van der Waals surface area contributed by atoms with Crippen molar-refractivity contribution in [3.05, 3.63) is 24.0 Å². The van der Waals surface area contributed by atoms with E-state index in [1.807, 2.05) is 6.20 Å². The van der Waals surface area contributed by atoms with Crippen molar-refractivity contribution in [3.8, 4) is 0 Å². The zero-order chi connectivity index (χ0) is 14.5. The number of likely N-dealkylation sites (N-methyl/N-ethyl adjacent to an activating group) is 2. The number of hydrogen-bond donors (Lipinski definition) is 1. The number of likely N-dealkylation sites (tertiary alicyclic amines) is 1. The maximum Gasteiger partial charge on any atom is 0.0572 e. The Morgan fingerprint density at radius 2 is 2.25 bits per heavy atom. The van der Waals surface area contributed by atoms with Crippen LogP contribution in [0.2, 0.25) is 0 Å². The van der Waals surface area contributed by atoms with Crippen LogP contribution in [0.4, 0.5) is 5.69 Å². The molecule has 2 heterocycles. The minimum atomic E-state index is 0.0553. The highest BCUT2D eigenvalue weighted by Crippen LogP contribution is 2.21. The van der Waals surface area contributed by atoms with E-state index >= 15 is 0 Å². The Bertz CT molecular complexity index is 403. The summed E-state index contributed by atoms with van der Waals surface area (Å²) in [5.41, 5.74) is 8.17. The average molecular weight is 276 g/mol. The molecular weight excluding hydrogens is 248 g/mol. The van der Waals surface area contributed by atoms with E-state index < -0.39 is 0 Å². The molecule has 0 aromatic carbocycles. The van der Waals surface area contributed by atoms with Crippen LogP contribution in [0.15, 0.2) is 18.3 Å². The lowest BCUT2D eigenvalue weighted by Crippen LogP contribution is -2.38. The first-order valence-corrected chi connectivity index (χ1v) is 7.82. The lowest BCUT2D eigenvalue weighted by molar-refractivity contribution is 0.270. The summed E-state index contributed by atoms with van der Waals surface area (Å²) in [6.07, 6.45) is 5.52. The Kier molecular flexibility index (Phi) is 5.38. The second-order valence-corrected chi connectivity index (χ2v) is 5.76. The Morgan fingerprint density at radius 3 is 2.85 bits per heavy atom. The van der Waals surface area contributed by atoms with Gasteiger partial charge in [-0.05, 0) is 44.5 Å². The van der Waals surface area contributed by atoms with E-state index in [1.165, 1.54) is 25.1 Å². The molecule has 20 heavy (non-hydrogen) atoms. The van der Waals surface area contributed by atoms with Crippen LogP contribution in [0.5, 0.6) is 0 Å². The average Bonchev–Trinajstić information content (AvgIpc) is 2.93. The normalized spacial score (nSPS) is 21.1. The van der Waals surface area contributed by atoms with Gasteiger partial charge in [0, 0.05) is 25.7 Å². The molecule has 1 saturated heterocycles. The molecule has 4 nitrogen and oxygen atoms in total. The maximum absolute atomic E-state index is 6.01. The Balaban J connectivity index is 1.97. The van der Waals surface area contributed by atoms with Crippen molar-refractivity contribution in [1.29, 1.82) is 0 Å². The van der Waals surface area contributed by atoms with Crippen molar-refractivity contribution in [2.45, 2.75) is 45.2 Å². The van der Waals surface area contributed by atoms with E-state index in [9.17, 15) is 0 Å². The minimum Gasteiger partial charge on any atom is -0.372 e. The van der Waals surface area contributed by atoms with Crippen LogP contribution in [0.1, 0.15) is 44.8 Å². The summed E-state index contributed by atoms with van der Waals surface area (Å²) in [4.78, 5) is 9.39. The molecule has 0 spiro atoms. The van der Waals surface area contributed by atoms with Crippen LogP contribution in [0.3, 0.4) is 0 Å². The van der Waals surface area contributed by atoms with Gasteiger partial charge in [0.15, 0.2) is 0 Å². The lowest BCUT2D eigenvalue weighted by atomic mass is 10.1. The van der Waals surface area contributed by atoms with E-state index in [0.29, 0.717) is 6.04 Å². The summed E-state index contributed by atoms with van der Waals surface area (Å²) < 4.78 is 0. The quantitative estimate of drug-likeness (QED) is 0.866. The smallest absolute Gasteiger partial charge is 0.0572 e. The first-order chi connectivity index (χ1) is 9.65. The fraction of sp³-hybridized carbons (Fsp3) is 0.688. The van der Waals surface area contributed by atoms with Gasteiger partial charge in [-0.3, -0.25) is 9.88 Å². The fourth-order valence-corrected chi connectivity index (χ4v) is 2.99. The van der Waals surface area contributed by atoms with Crippen molar-refractivity contribution in [1.82, 2.24) is 9.88 Å². The van der Waals surface area contributed by atoms with Gasteiger partial charge >= 0.3 is 0 Å². The summed E-state index contributed by atoms with van der Waals surface area (Å²) in [6, 6.07) is 4.94. The standard InChI is InChI=1S/C16H28N4/c1-4-15(17)16-9-8-13(11-18-16)19(3)12-14-7-6-10-20(14)5-2/h8-9,11,14-15H,4-7,10,12,17H2,1-3H3/t14?,15-/m0/s1. The van der Waals surface area contributed by atoms with Gasteiger partial charge in [0.05, 0.1) is 17.6 Å². The predicted octanol–water partition coefficient (Wildman–Crippen LogP) is 2.41. The van der Waals surface area contributed by atoms with Gasteiger partial charge in [0.2, 0.25) is 0 Å². The van der Waals surface area contributed by atoms with E-state index in [-0.39, 0.29) is 6.04 Å². The van der Waals surface area contributed by atoms with Gasteiger partial charge in [0.25, 0.3) is 0 Å². The summed E-state index contributed by atoms with van der Waals surface area (Å²) in [6.45, 7) is 7.82. The van der Waals surface area contributed by atoms with Crippen LogP contribution in [-0.2, 0) is 0 Å². The van der Waals surface area contributed by atoms with Crippen LogP contribution >= 0.6 is 0 Å². The second kappa shape index (κ2) is 7.04. The van der Waals surface area contributed by atoms with Crippen molar-refractivity contribution in [3.63, 3.8) is 0 Å². The molecule has 0 saturated carbocycles. The molecular formula is C16H28N4. The van der Waals surface area contributed by atoms with Gasteiger partial charge < -0.3 is 10.6 Å². The van der Waals surface area contributed by atoms with Crippen LogP contribution in [-0.4, -0.2) is 42.6 Å². The number of nitrogens with zero attached hydrogens (tertiary/aromatic N) is 3. The highest BCUT2D eigenvalue weighted by Gasteiger charge is 2.24. The molecule has 2 atom stereocenters. The molecule has 1 aliphatic rings. The zero-order valence-corrected chi connectivity index (χ0v) is 13.0. The molecule has 1 unspecified atom stereocenters. The highest BCUT2D eigenvalue weighted by molar-refractivity contribution is 5.44. The minimum absolute atomic E-state index is 0.0553. The van der Waals surface area contributed by atoms with E-state index in [4.69, 9.17) is 5.73 Å². The largest absolute Gasteiger partial charge is 0.372 e. The Hall–Kier alpha value is -1.13. The van der Waals surface area contributed by atoms with Crippen molar-refractivity contribution < 1.29 is 0 Å². The molecule has 1 aromatic rings. The molecule has 1 fully saturated rings. The Morgan fingerprint density at radius 1 is 1.45 bits per heavy atom. The van der Waals surface area contributed by atoms with Gasteiger partial charge in [-0.1, -0.05) is 13.8 Å². The number of rotatable bonds is 6. The van der Waals surface area contributed by atoms with Crippen LogP contribution in [0.25, 0.3) is 0 Å². The van der Waals surface area contributed by atoms with Gasteiger partial charge in [0.1, 0.15) is 0 Å². The fourth-order valence-electron chi connectivity index (χ4n) is 2.99. The zero-order valence-electron chi connectivity index (χ0n) is 13.0. The van der Waals surface area contributed by atoms with E-state index in [1.54, 1.807) is 0 Å². The molecule has 0 aliphatic carbocycles. The summed E-state index contributed by atoms with van der Waals surface area (Å²) in [5, 5.41) is 0. The van der Waals surface area contributed by atoms with E-state index in [0.717, 1.165) is 25.2 Å². The molecule has 112 valence electrons. The molecule has 1 aromatic heterocycles. The monoisotopic (exact) mass is 276 g/mol. The van der Waals surface area contributed by atoms with Gasteiger partial charge in [-0.15, -0.1) is 0 Å². The summed E-state index contributed by atoms with van der Waals surface area (Å²) >= 11 is 0. The van der Waals surface area contributed by atoms with Crippen molar-refractivity contribution >= 4 is 5.69 Å². The number of pyridine rings is 1. The lowest BCUT2D eigenvalue weighted by Gasteiger charge is -2.29. The van der Waals surface area contributed by atoms with Crippen LogP contribution in [0, 0.1) is 0 Å². The predicted molar refractivity (Wildman–Crippen MR) is 85.0 cm³/mol. The number of anilines is 1. The second-order valence-electron chi connectivity index (χ2n) is 5.76. The van der Waals surface area contributed by atoms with Crippen molar-refractivity contribution in [2.75, 3.05) is 31.6 Å². The first kappa shape index (κ1) is 15.3. The molecule has 4 heteroatoms. The molecule has 0 amide bonds. The molecule has 2 N–H and O–H groups in total. The molecule has 0 radical (unpaired) electrons. The molecule has 2 rings (SSSR count). The van der Waals surface area contributed by atoms with Crippen molar-refractivity contribution in [2.24, 2.45) is 5.73 Å². The molecule has 0 bridgehead atoms. The summed E-state index contributed by atoms with van der Waals surface area (Å²) in [5.74, 6) is 0. The van der Waals surface area contributed by atoms with Crippen LogP contribution < -0.4 is 10.6 Å². The molecule has 1 aliphatic heterocycles. The van der Waals surface area contributed by atoms with E-state index in [2.05, 4.69) is 47.8 Å². The highest BCUT2D eigenvalue weighted by atomic mass is 15.2. The SMILES string of the molecule is CC[C@H](N)c1ccc(N(C)CC2CCCN2CC)cn1. The third-order valence-corrected chi connectivity index (χ3v) is 4.42. The third-order valence-electron chi connectivity index (χ3n) is 4.42. The maximum atomic E-state index is 6.01. The number of nitrogens with two attached hydrogens (primary N) is 1. The number of hydrogen-bond acceptors (Lipinski definition) is 4. The summed E-state index contributed by atoms with van der Waals surface area (Å²) in [7, 11) is 2.16. The third kappa shape index (κ3) is 3.49. The first-order valence-electron chi connectivity index (χ1n) is 7.82. The van der Waals surface area contributed by atoms with Gasteiger partial charge in [-0.2, -0.15) is 0 Å². The topological polar surface area (TPSA) is 45.4 Å².